The van der Waals surface area contributed by atoms with Gasteiger partial charge >= 0.3 is 7.48 Å². The topological polar surface area (TPSA) is 29.5 Å². The van der Waals surface area contributed by atoms with Crippen LogP contribution in [0.1, 0.15) is 0 Å². The summed E-state index contributed by atoms with van der Waals surface area (Å²) in [6, 6.07) is 8.07. The molecule has 0 aliphatic carbocycles. The molecule has 3 heteroatoms. The molecule has 0 bridgehead atoms. The molecule has 10 heavy (non-hydrogen) atoms. The summed E-state index contributed by atoms with van der Waals surface area (Å²) >= 11 is 0. The highest BCUT2D eigenvalue weighted by molar-refractivity contribution is 6.46. The Balaban J connectivity index is 2.96. The Morgan fingerprint density at radius 1 is 1.70 bits per heavy atom. The lowest BCUT2D eigenvalue weighted by Gasteiger charge is -2.02. The first-order chi connectivity index (χ1) is 4.88. The van der Waals surface area contributed by atoms with Gasteiger partial charge in [0, 0.05) is 0 Å². The van der Waals surface area contributed by atoms with Gasteiger partial charge in [-0.2, -0.15) is 0 Å². The normalized spacial score (nSPS) is 9.00. The van der Waals surface area contributed by atoms with Gasteiger partial charge in [-0.3, -0.25) is 0 Å². The third kappa shape index (κ3) is 1.31. The molecule has 0 aliphatic heterocycles. The van der Waals surface area contributed by atoms with Gasteiger partial charge in [-0.05, 0) is 17.6 Å². The van der Waals surface area contributed by atoms with E-state index in [2.05, 4.69) is 6.07 Å². The molecule has 2 nitrogen and oxygen atoms in total. The van der Waals surface area contributed by atoms with E-state index in [-0.39, 0.29) is 7.48 Å². The van der Waals surface area contributed by atoms with Crippen LogP contribution >= 0.6 is 0 Å². The number of rotatable bonds is 2. The quantitative estimate of drug-likeness (QED) is 0.552. The van der Waals surface area contributed by atoms with Crippen LogP contribution in [0.3, 0.4) is 0 Å². The Bertz CT molecular complexity index is 190. The van der Waals surface area contributed by atoms with Gasteiger partial charge in [0.2, 0.25) is 0 Å². The molecule has 0 unspecified atom stereocenters. The highest BCUT2D eigenvalue weighted by Gasteiger charge is 1.99. The third-order valence-electron chi connectivity index (χ3n) is 1.30. The van der Waals surface area contributed by atoms with Gasteiger partial charge in [0.05, 0.1) is 7.11 Å². The van der Waals surface area contributed by atoms with Gasteiger partial charge in [0.25, 0.3) is 0 Å². The van der Waals surface area contributed by atoms with Crippen molar-refractivity contribution >= 4 is 12.9 Å². The molecular weight excluding hydrogens is 127 g/mol. The lowest BCUT2D eigenvalue weighted by molar-refractivity contribution is 0.417. The standard InChI is InChI=1S/C7H8BO2/c1-10-7-5-3-2-4-6(7)8-9/h2,4-5,8-9H,1H3. The molecular formula is C7H8BO2. The first-order valence-corrected chi connectivity index (χ1v) is 3.02. The lowest BCUT2D eigenvalue weighted by Crippen LogP contribution is -2.15. The molecule has 1 radical (unpaired) electrons. The molecule has 0 atom stereocenters. The van der Waals surface area contributed by atoms with Crippen molar-refractivity contribution in [2.75, 3.05) is 7.11 Å². The van der Waals surface area contributed by atoms with Crippen molar-refractivity contribution in [3.63, 3.8) is 0 Å². The van der Waals surface area contributed by atoms with E-state index in [1.165, 1.54) is 0 Å². The van der Waals surface area contributed by atoms with E-state index in [0.29, 0.717) is 5.75 Å². The molecule has 0 aliphatic rings. The second kappa shape index (κ2) is 3.27. The van der Waals surface area contributed by atoms with Crippen molar-refractivity contribution < 1.29 is 9.76 Å². The molecule has 0 heterocycles. The Morgan fingerprint density at radius 2 is 2.50 bits per heavy atom. The molecule has 51 valence electrons. The van der Waals surface area contributed by atoms with Gasteiger partial charge in [-0.1, -0.05) is 12.1 Å². The van der Waals surface area contributed by atoms with E-state index in [9.17, 15) is 0 Å². The number of ether oxygens (including phenoxy) is 1. The van der Waals surface area contributed by atoms with E-state index in [1.54, 1.807) is 25.3 Å². The average molecular weight is 135 g/mol. The molecule has 1 aromatic rings. The maximum absolute atomic E-state index is 8.76. The number of hydrogen-bond acceptors (Lipinski definition) is 2. The summed E-state index contributed by atoms with van der Waals surface area (Å²) < 4.78 is 4.94. The first kappa shape index (κ1) is 7.16. The maximum Gasteiger partial charge on any atom is 0.308 e. The highest BCUT2D eigenvalue weighted by atomic mass is 16.5. The summed E-state index contributed by atoms with van der Waals surface area (Å²) in [4.78, 5) is 0. The van der Waals surface area contributed by atoms with E-state index >= 15 is 0 Å². The molecule has 0 spiro atoms. The predicted molar refractivity (Wildman–Crippen MR) is 40.8 cm³/mol. The van der Waals surface area contributed by atoms with Crippen LogP contribution in [0.4, 0.5) is 0 Å². The highest BCUT2D eigenvalue weighted by Crippen LogP contribution is 2.02. The minimum atomic E-state index is 0.0118. The second-order valence-corrected chi connectivity index (χ2v) is 1.90. The average Bonchev–Trinajstić information content (AvgIpc) is 2.04. The smallest absolute Gasteiger partial charge is 0.308 e. The summed E-state index contributed by atoms with van der Waals surface area (Å²) in [6.45, 7) is 0. The van der Waals surface area contributed by atoms with Crippen molar-refractivity contribution in [1.82, 2.24) is 0 Å². The van der Waals surface area contributed by atoms with E-state index in [1.807, 2.05) is 0 Å². The fourth-order valence-electron chi connectivity index (χ4n) is 0.768. The van der Waals surface area contributed by atoms with Crippen molar-refractivity contribution in [2.24, 2.45) is 0 Å². The fraction of sp³-hybridized carbons (Fsp3) is 0.143. The monoisotopic (exact) mass is 135 g/mol. The van der Waals surface area contributed by atoms with Crippen LogP contribution in [0.5, 0.6) is 5.75 Å². The molecule has 0 aromatic heterocycles. The molecule has 1 aromatic carbocycles. The van der Waals surface area contributed by atoms with Crippen molar-refractivity contribution in [2.45, 2.75) is 0 Å². The van der Waals surface area contributed by atoms with Crippen LogP contribution in [0.2, 0.25) is 0 Å². The Kier molecular flexibility index (Phi) is 2.34. The zero-order chi connectivity index (χ0) is 7.40. The molecule has 0 amide bonds. The largest absolute Gasteiger partial charge is 0.497 e. The minimum Gasteiger partial charge on any atom is -0.497 e. The van der Waals surface area contributed by atoms with Crippen LogP contribution in [0.25, 0.3) is 0 Å². The summed E-state index contributed by atoms with van der Waals surface area (Å²) in [5.74, 6) is 0.685. The van der Waals surface area contributed by atoms with E-state index in [0.717, 1.165) is 5.46 Å². The van der Waals surface area contributed by atoms with Gasteiger partial charge in [0.15, 0.2) is 0 Å². The molecule has 0 fully saturated rings. The summed E-state index contributed by atoms with van der Waals surface area (Å²) in [5.41, 5.74) is 0.793. The molecule has 0 saturated heterocycles. The second-order valence-electron chi connectivity index (χ2n) is 1.90. The van der Waals surface area contributed by atoms with E-state index in [4.69, 9.17) is 9.76 Å². The molecule has 0 saturated carbocycles. The minimum absolute atomic E-state index is 0.0118. The Hall–Kier alpha value is -0.955. The van der Waals surface area contributed by atoms with Crippen LogP contribution in [-0.2, 0) is 0 Å². The van der Waals surface area contributed by atoms with Gasteiger partial charge in [0.1, 0.15) is 5.75 Å². The predicted octanol–water partition coefficient (Wildman–Crippen LogP) is -0.536. The fourth-order valence-corrected chi connectivity index (χ4v) is 0.768. The summed E-state index contributed by atoms with van der Waals surface area (Å²) in [7, 11) is 1.58. The van der Waals surface area contributed by atoms with Gasteiger partial charge < -0.3 is 9.76 Å². The van der Waals surface area contributed by atoms with Crippen LogP contribution in [0.15, 0.2) is 18.2 Å². The Morgan fingerprint density at radius 3 is 3.00 bits per heavy atom. The maximum atomic E-state index is 8.76. The summed E-state index contributed by atoms with van der Waals surface area (Å²) in [6.07, 6.45) is 0. The van der Waals surface area contributed by atoms with Crippen LogP contribution in [0, 0.1) is 6.07 Å². The molecule has 1 rings (SSSR count). The van der Waals surface area contributed by atoms with Crippen molar-refractivity contribution in [3.8, 4) is 5.75 Å². The Labute approximate surface area is 60.7 Å². The summed E-state index contributed by atoms with van der Waals surface area (Å²) in [5, 5.41) is 8.76. The zero-order valence-corrected chi connectivity index (χ0v) is 5.79. The van der Waals surface area contributed by atoms with Gasteiger partial charge in [-0.25, -0.2) is 0 Å². The number of benzene rings is 1. The number of methoxy groups -OCH3 is 1. The first-order valence-electron chi connectivity index (χ1n) is 3.02. The molecule has 1 N–H and O–H groups in total. The number of hydrogen-bond donors (Lipinski definition) is 1. The van der Waals surface area contributed by atoms with Gasteiger partial charge in [-0.15, -0.1) is 0 Å². The van der Waals surface area contributed by atoms with Crippen molar-refractivity contribution in [1.29, 1.82) is 0 Å². The van der Waals surface area contributed by atoms with Crippen molar-refractivity contribution in [3.05, 3.63) is 24.3 Å². The lowest BCUT2D eigenvalue weighted by atomic mass is 9.88. The van der Waals surface area contributed by atoms with Crippen LogP contribution in [-0.4, -0.2) is 19.6 Å². The van der Waals surface area contributed by atoms with Crippen LogP contribution < -0.4 is 10.2 Å². The SMILES string of the molecule is COc1c[c]ccc1BO. The van der Waals surface area contributed by atoms with E-state index < -0.39 is 0 Å². The third-order valence-corrected chi connectivity index (χ3v) is 1.30. The zero-order valence-electron chi connectivity index (χ0n) is 5.79.